The van der Waals surface area contributed by atoms with Crippen LogP contribution in [-0.2, 0) is 10.0 Å². The Morgan fingerprint density at radius 3 is 2.48 bits per heavy atom. The molecule has 0 aliphatic heterocycles. The number of ether oxygens (including phenoxy) is 2. The fraction of sp³-hybridized carbons (Fsp3) is 0.600. The molecule has 1 aromatic rings. The van der Waals surface area contributed by atoms with Gasteiger partial charge >= 0.3 is 0 Å². The first-order chi connectivity index (χ1) is 9.94. The van der Waals surface area contributed by atoms with Gasteiger partial charge in [0.1, 0.15) is 16.4 Å². The van der Waals surface area contributed by atoms with Gasteiger partial charge in [0.25, 0.3) is 0 Å². The number of unbranched alkanes of at least 4 members (excludes halogenated alkanes) is 2. The van der Waals surface area contributed by atoms with Crippen molar-refractivity contribution in [3.05, 3.63) is 18.2 Å². The summed E-state index contributed by atoms with van der Waals surface area (Å²) in [5, 5.41) is 0. The molecule has 1 atom stereocenters. The van der Waals surface area contributed by atoms with Gasteiger partial charge in [-0.05, 0) is 25.5 Å². The molecule has 0 saturated carbocycles. The third-order valence-corrected chi connectivity index (χ3v) is 4.87. The highest BCUT2D eigenvalue weighted by Gasteiger charge is 2.22. The second-order valence-electron chi connectivity index (χ2n) is 5.03. The van der Waals surface area contributed by atoms with Crippen molar-refractivity contribution in [3.8, 4) is 11.5 Å². The van der Waals surface area contributed by atoms with Gasteiger partial charge in [0, 0.05) is 12.1 Å². The van der Waals surface area contributed by atoms with Gasteiger partial charge in [0.2, 0.25) is 10.0 Å². The SMILES string of the molecule is CCCCCC(C)NS(=O)(=O)c1cc(OC)ccc1OC. The number of hydrogen-bond acceptors (Lipinski definition) is 4. The fourth-order valence-electron chi connectivity index (χ4n) is 2.08. The summed E-state index contributed by atoms with van der Waals surface area (Å²) in [4.78, 5) is 0.103. The number of sulfonamides is 1. The minimum absolute atomic E-state index is 0.103. The average molecular weight is 315 g/mol. The van der Waals surface area contributed by atoms with Crippen LogP contribution >= 0.6 is 0 Å². The van der Waals surface area contributed by atoms with Gasteiger partial charge in [0.05, 0.1) is 14.2 Å². The van der Waals surface area contributed by atoms with E-state index in [9.17, 15) is 8.42 Å². The molecule has 0 amide bonds. The van der Waals surface area contributed by atoms with Crippen LogP contribution in [0.25, 0.3) is 0 Å². The lowest BCUT2D eigenvalue weighted by Gasteiger charge is -2.16. The van der Waals surface area contributed by atoms with Gasteiger partial charge < -0.3 is 9.47 Å². The second kappa shape index (κ2) is 8.24. The van der Waals surface area contributed by atoms with Crippen LogP contribution in [0.15, 0.2) is 23.1 Å². The Hall–Kier alpha value is -1.27. The minimum atomic E-state index is -3.63. The summed E-state index contributed by atoms with van der Waals surface area (Å²) in [5.41, 5.74) is 0. The predicted octanol–water partition coefficient (Wildman–Crippen LogP) is 2.95. The Bertz CT molecular complexity index is 543. The number of methoxy groups -OCH3 is 2. The van der Waals surface area contributed by atoms with E-state index in [0.29, 0.717) is 11.5 Å². The summed E-state index contributed by atoms with van der Waals surface area (Å²) >= 11 is 0. The molecule has 0 spiro atoms. The van der Waals surface area contributed by atoms with Gasteiger partial charge in [-0.2, -0.15) is 0 Å². The third kappa shape index (κ3) is 5.21. The van der Waals surface area contributed by atoms with Crippen molar-refractivity contribution in [2.45, 2.75) is 50.5 Å². The Kier molecular flexibility index (Phi) is 6.98. The highest BCUT2D eigenvalue weighted by atomic mass is 32.2. The summed E-state index contributed by atoms with van der Waals surface area (Å²) in [7, 11) is -0.678. The molecule has 0 aliphatic carbocycles. The van der Waals surface area contributed by atoms with Crippen molar-refractivity contribution in [2.24, 2.45) is 0 Å². The van der Waals surface area contributed by atoms with Gasteiger partial charge in [-0.1, -0.05) is 26.2 Å². The first-order valence-electron chi connectivity index (χ1n) is 7.19. The predicted molar refractivity (Wildman–Crippen MR) is 83.5 cm³/mol. The van der Waals surface area contributed by atoms with Crippen molar-refractivity contribution in [3.63, 3.8) is 0 Å². The zero-order valence-corrected chi connectivity index (χ0v) is 14.0. The monoisotopic (exact) mass is 315 g/mol. The Labute approximate surface area is 127 Å². The van der Waals surface area contributed by atoms with E-state index in [1.165, 1.54) is 20.3 Å². The van der Waals surface area contributed by atoms with E-state index in [1.807, 2.05) is 6.92 Å². The van der Waals surface area contributed by atoms with Crippen LogP contribution < -0.4 is 14.2 Å². The number of hydrogen-bond donors (Lipinski definition) is 1. The molecule has 0 saturated heterocycles. The van der Waals surface area contributed by atoms with E-state index in [0.717, 1.165) is 25.7 Å². The van der Waals surface area contributed by atoms with Crippen LogP contribution in [-0.4, -0.2) is 28.7 Å². The van der Waals surface area contributed by atoms with Crippen LogP contribution in [0.1, 0.15) is 39.5 Å². The molecular formula is C15H25NO4S. The van der Waals surface area contributed by atoms with E-state index >= 15 is 0 Å². The number of benzene rings is 1. The van der Waals surface area contributed by atoms with Crippen molar-refractivity contribution >= 4 is 10.0 Å². The summed E-state index contributed by atoms with van der Waals surface area (Å²) in [6, 6.07) is 4.62. The zero-order chi connectivity index (χ0) is 15.9. The van der Waals surface area contributed by atoms with Crippen molar-refractivity contribution in [2.75, 3.05) is 14.2 Å². The molecule has 6 heteroatoms. The highest BCUT2D eigenvalue weighted by Crippen LogP contribution is 2.28. The van der Waals surface area contributed by atoms with Crippen LogP contribution in [0, 0.1) is 0 Å². The summed E-state index contributed by atoms with van der Waals surface area (Å²) in [6.45, 7) is 4.00. The van der Waals surface area contributed by atoms with Gasteiger partial charge in [0.15, 0.2) is 0 Å². The molecule has 1 N–H and O–H groups in total. The largest absolute Gasteiger partial charge is 0.497 e. The third-order valence-electron chi connectivity index (χ3n) is 3.26. The smallest absolute Gasteiger partial charge is 0.244 e. The van der Waals surface area contributed by atoms with Crippen LogP contribution in [0.2, 0.25) is 0 Å². The lowest BCUT2D eigenvalue weighted by Crippen LogP contribution is -2.32. The first-order valence-corrected chi connectivity index (χ1v) is 8.67. The summed E-state index contributed by atoms with van der Waals surface area (Å²) in [5.74, 6) is 0.791. The van der Waals surface area contributed by atoms with Crippen molar-refractivity contribution < 1.29 is 17.9 Å². The molecule has 0 radical (unpaired) electrons. The molecule has 1 aromatic carbocycles. The van der Waals surface area contributed by atoms with E-state index < -0.39 is 10.0 Å². The standard InChI is InChI=1S/C15H25NO4S/c1-5-6-7-8-12(2)16-21(17,18)15-11-13(19-3)9-10-14(15)20-4/h9-12,16H,5-8H2,1-4H3. The van der Waals surface area contributed by atoms with Crippen molar-refractivity contribution in [1.82, 2.24) is 4.72 Å². The maximum Gasteiger partial charge on any atom is 0.244 e. The molecule has 0 bridgehead atoms. The van der Waals surface area contributed by atoms with Crippen molar-refractivity contribution in [1.29, 1.82) is 0 Å². The Balaban J connectivity index is 2.91. The topological polar surface area (TPSA) is 64.6 Å². The molecule has 120 valence electrons. The van der Waals surface area contributed by atoms with Gasteiger partial charge in [-0.25, -0.2) is 13.1 Å². The number of nitrogens with one attached hydrogen (secondary N) is 1. The lowest BCUT2D eigenvalue weighted by atomic mass is 10.1. The maximum absolute atomic E-state index is 12.5. The van der Waals surface area contributed by atoms with E-state index in [1.54, 1.807) is 12.1 Å². The lowest BCUT2D eigenvalue weighted by molar-refractivity contribution is 0.391. The second-order valence-corrected chi connectivity index (χ2v) is 6.72. The fourth-order valence-corrected chi connectivity index (χ4v) is 3.54. The molecule has 1 rings (SSSR count). The Morgan fingerprint density at radius 2 is 1.90 bits per heavy atom. The van der Waals surface area contributed by atoms with Gasteiger partial charge in [-0.3, -0.25) is 0 Å². The van der Waals surface area contributed by atoms with Crippen LogP contribution in [0.3, 0.4) is 0 Å². The first kappa shape index (κ1) is 17.8. The number of rotatable bonds is 9. The summed E-state index contributed by atoms with van der Waals surface area (Å²) < 4.78 is 37.9. The van der Waals surface area contributed by atoms with Gasteiger partial charge in [-0.15, -0.1) is 0 Å². The molecule has 21 heavy (non-hydrogen) atoms. The molecule has 1 unspecified atom stereocenters. The summed E-state index contributed by atoms with van der Waals surface area (Å²) in [6.07, 6.45) is 4.05. The van der Waals surface area contributed by atoms with Crippen LogP contribution in [0.5, 0.6) is 11.5 Å². The van der Waals surface area contributed by atoms with E-state index in [2.05, 4.69) is 11.6 Å². The Morgan fingerprint density at radius 1 is 1.19 bits per heavy atom. The van der Waals surface area contributed by atoms with E-state index in [-0.39, 0.29) is 10.9 Å². The average Bonchev–Trinajstić information content (AvgIpc) is 2.46. The molecule has 0 aliphatic rings. The molecular weight excluding hydrogens is 290 g/mol. The van der Waals surface area contributed by atoms with E-state index in [4.69, 9.17) is 9.47 Å². The maximum atomic E-state index is 12.5. The zero-order valence-electron chi connectivity index (χ0n) is 13.2. The molecule has 0 fully saturated rings. The minimum Gasteiger partial charge on any atom is -0.497 e. The highest BCUT2D eigenvalue weighted by molar-refractivity contribution is 7.89. The molecule has 0 heterocycles. The quantitative estimate of drug-likeness (QED) is 0.712. The molecule has 5 nitrogen and oxygen atoms in total. The normalized spacial score (nSPS) is 13.0. The molecule has 0 aromatic heterocycles. The van der Waals surface area contributed by atoms with Crippen LogP contribution in [0.4, 0.5) is 0 Å².